The highest BCUT2D eigenvalue weighted by molar-refractivity contribution is 7.99. The molecule has 2 nitrogen and oxygen atoms in total. The summed E-state index contributed by atoms with van der Waals surface area (Å²) in [5.41, 5.74) is 1.20. The molecule has 0 amide bonds. The highest BCUT2D eigenvalue weighted by atomic mass is 32.2. The van der Waals surface area contributed by atoms with Crippen LogP contribution in [0.5, 0.6) is 0 Å². The van der Waals surface area contributed by atoms with Gasteiger partial charge in [0.1, 0.15) is 4.21 Å². The number of rotatable bonds is 2. The molecule has 0 spiro atoms. The lowest BCUT2D eigenvalue weighted by Crippen LogP contribution is -2.29. The first-order chi connectivity index (χ1) is 7.06. The Balaban J connectivity index is 2.22. The van der Waals surface area contributed by atoms with E-state index in [9.17, 15) is 0 Å². The maximum absolute atomic E-state index is 4.40. The smallest absolute Gasteiger partial charge is 0.104 e. The number of hydrogen-bond acceptors (Lipinski definition) is 4. The van der Waals surface area contributed by atoms with Crippen LogP contribution in [0.25, 0.3) is 10.9 Å². The van der Waals surface area contributed by atoms with Gasteiger partial charge in [-0.05, 0) is 50.3 Å². The fraction of sp³-hybridized carbons (Fsp3) is 0.364. The number of nitrogens with zero attached hydrogens (tertiary/aromatic N) is 1. The van der Waals surface area contributed by atoms with Crippen molar-refractivity contribution in [3.05, 3.63) is 24.3 Å². The third kappa shape index (κ3) is 2.71. The molecular formula is C11H14N2S2. The highest BCUT2D eigenvalue weighted by Gasteiger charge is 2.12. The largest absolute Gasteiger partial charge is 0.254 e. The Morgan fingerprint density at radius 2 is 2.00 bits per heavy atom. The van der Waals surface area contributed by atoms with Crippen LogP contribution in [0.2, 0.25) is 0 Å². The van der Waals surface area contributed by atoms with Gasteiger partial charge in [0.05, 0.1) is 5.52 Å². The van der Waals surface area contributed by atoms with Crippen LogP contribution in [0.15, 0.2) is 28.5 Å². The summed E-state index contributed by atoms with van der Waals surface area (Å²) in [5, 5.41) is 1.24. The summed E-state index contributed by atoms with van der Waals surface area (Å²) in [7, 11) is 0. The molecule has 0 bridgehead atoms. The van der Waals surface area contributed by atoms with Crippen molar-refractivity contribution in [1.82, 2.24) is 9.10 Å². The number of hydrogen-bond donors (Lipinski definition) is 1. The second-order valence-corrected chi connectivity index (χ2v) is 6.29. The quantitative estimate of drug-likeness (QED) is 0.808. The van der Waals surface area contributed by atoms with Crippen molar-refractivity contribution in [3.8, 4) is 0 Å². The molecule has 0 aliphatic heterocycles. The van der Waals surface area contributed by atoms with E-state index >= 15 is 0 Å². The van der Waals surface area contributed by atoms with Crippen LogP contribution >= 0.6 is 23.5 Å². The van der Waals surface area contributed by atoms with Gasteiger partial charge in [0.25, 0.3) is 0 Å². The third-order valence-corrected chi connectivity index (χ3v) is 4.07. The zero-order valence-electron chi connectivity index (χ0n) is 9.07. The first-order valence-electron chi connectivity index (χ1n) is 4.85. The number of aromatic nitrogens is 1. The van der Waals surface area contributed by atoms with E-state index in [1.165, 1.54) is 9.60 Å². The summed E-state index contributed by atoms with van der Waals surface area (Å²) in [5.74, 6) is 0. The first-order valence-corrected chi connectivity index (χ1v) is 6.44. The average Bonchev–Trinajstić information content (AvgIpc) is 2.57. The Labute approximate surface area is 98.4 Å². The Hall–Kier alpha value is -0.580. The minimum Gasteiger partial charge on any atom is -0.254 e. The van der Waals surface area contributed by atoms with E-state index < -0.39 is 0 Å². The molecule has 0 aliphatic carbocycles. The Morgan fingerprint density at radius 3 is 2.73 bits per heavy atom. The molecule has 0 fully saturated rings. The zero-order chi connectivity index (χ0) is 10.9. The minimum atomic E-state index is 0.121. The zero-order valence-corrected chi connectivity index (χ0v) is 10.7. The number of benzene rings is 1. The molecule has 0 saturated heterocycles. The molecule has 0 saturated carbocycles. The number of fused-ring (bicyclic) bond motifs is 1. The molecule has 0 aliphatic rings. The van der Waals surface area contributed by atoms with Gasteiger partial charge in [-0.2, -0.15) is 4.37 Å². The fourth-order valence-electron chi connectivity index (χ4n) is 1.14. The highest BCUT2D eigenvalue weighted by Crippen LogP contribution is 2.30. The summed E-state index contributed by atoms with van der Waals surface area (Å²) in [6.07, 6.45) is 0. The van der Waals surface area contributed by atoms with Crippen LogP contribution in [-0.4, -0.2) is 9.91 Å². The van der Waals surface area contributed by atoms with Crippen molar-refractivity contribution in [2.45, 2.75) is 30.5 Å². The van der Waals surface area contributed by atoms with Gasteiger partial charge in [0, 0.05) is 10.9 Å². The van der Waals surface area contributed by atoms with Gasteiger partial charge in [-0.25, -0.2) is 0 Å². The topological polar surface area (TPSA) is 24.9 Å². The van der Waals surface area contributed by atoms with Crippen molar-refractivity contribution >= 4 is 34.4 Å². The molecule has 80 valence electrons. The lowest BCUT2D eigenvalue weighted by atomic mass is 10.1. The van der Waals surface area contributed by atoms with E-state index in [1.54, 1.807) is 23.5 Å². The van der Waals surface area contributed by atoms with Crippen molar-refractivity contribution in [2.75, 3.05) is 0 Å². The Bertz CT molecular complexity index is 457. The van der Waals surface area contributed by atoms with Gasteiger partial charge >= 0.3 is 0 Å². The molecular weight excluding hydrogens is 224 g/mol. The lowest BCUT2D eigenvalue weighted by Gasteiger charge is -2.18. The SMILES string of the molecule is CC(C)(C)NSc1snc2ccccc12. The van der Waals surface area contributed by atoms with Crippen molar-refractivity contribution in [3.63, 3.8) is 0 Å². The van der Waals surface area contributed by atoms with E-state index in [0.717, 1.165) is 5.52 Å². The van der Waals surface area contributed by atoms with Gasteiger partial charge in [-0.1, -0.05) is 18.2 Å². The van der Waals surface area contributed by atoms with Gasteiger partial charge in [-0.15, -0.1) is 0 Å². The summed E-state index contributed by atoms with van der Waals surface area (Å²) >= 11 is 3.22. The van der Waals surface area contributed by atoms with Crippen LogP contribution < -0.4 is 4.72 Å². The van der Waals surface area contributed by atoms with Crippen LogP contribution in [-0.2, 0) is 0 Å². The second kappa shape index (κ2) is 4.12. The average molecular weight is 238 g/mol. The summed E-state index contributed by atoms with van der Waals surface area (Å²) in [6, 6.07) is 8.24. The second-order valence-electron chi connectivity index (χ2n) is 4.44. The molecule has 1 N–H and O–H groups in total. The van der Waals surface area contributed by atoms with Gasteiger partial charge in [0.15, 0.2) is 0 Å². The first kappa shape index (κ1) is 10.9. The molecule has 4 heteroatoms. The molecule has 1 aromatic carbocycles. The van der Waals surface area contributed by atoms with E-state index in [2.05, 4.69) is 42.0 Å². The fourth-order valence-corrected chi connectivity index (χ4v) is 2.82. The molecule has 0 radical (unpaired) electrons. The van der Waals surface area contributed by atoms with Crippen molar-refractivity contribution < 1.29 is 0 Å². The maximum Gasteiger partial charge on any atom is 0.104 e. The summed E-state index contributed by atoms with van der Waals surface area (Å²) in [6.45, 7) is 6.47. The summed E-state index contributed by atoms with van der Waals surface area (Å²) in [4.78, 5) is 0. The van der Waals surface area contributed by atoms with Crippen LogP contribution in [0.3, 0.4) is 0 Å². The van der Waals surface area contributed by atoms with Crippen molar-refractivity contribution in [2.24, 2.45) is 0 Å². The molecule has 2 aromatic rings. The molecule has 1 heterocycles. The third-order valence-electron chi connectivity index (χ3n) is 1.80. The molecule has 2 rings (SSSR count). The van der Waals surface area contributed by atoms with Gasteiger partial charge in [0.2, 0.25) is 0 Å². The monoisotopic (exact) mass is 238 g/mol. The standard InChI is InChI=1S/C11H14N2S2/c1-11(2,3)13-15-10-8-6-4-5-7-9(8)12-14-10/h4-7,13H,1-3H3. The van der Waals surface area contributed by atoms with Crippen LogP contribution in [0.4, 0.5) is 0 Å². The lowest BCUT2D eigenvalue weighted by molar-refractivity contribution is 0.536. The van der Waals surface area contributed by atoms with Crippen molar-refractivity contribution in [1.29, 1.82) is 0 Å². The van der Waals surface area contributed by atoms with E-state index in [1.807, 2.05) is 12.1 Å². The Morgan fingerprint density at radius 1 is 1.27 bits per heavy atom. The van der Waals surface area contributed by atoms with E-state index in [4.69, 9.17) is 0 Å². The molecule has 1 aromatic heterocycles. The Kier molecular flexibility index (Phi) is 3.00. The molecule has 0 unspecified atom stereocenters. The maximum atomic E-state index is 4.40. The predicted octanol–water partition coefficient (Wildman–Crippen LogP) is 3.69. The minimum absolute atomic E-state index is 0.121. The van der Waals surface area contributed by atoms with Gasteiger partial charge in [-0.3, -0.25) is 4.72 Å². The van der Waals surface area contributed by atoms with E-state index in [0.29, 0.717) is 0 Å². The number of nitrogens with one attached hydrogen (secondary N) is 1. The molecule has 15 heavy (non-hydrogen) atoms. The van der Waals surface area contributed by atoms with Crippen LogP contribution in [0, 0.1) is 0 Å². The van der Waals surface area contributed by atoms with Crippen LogP contribution in [0.1, 0.15) is 20.8 Å². The molecule has 0 atom stereocenters. The van der Waals surface area contributed by atoms with Gasteiger partial charge < -0.3 is 0 Å². The predicted molar refractivity (Wildman–Crippen MR) is 68.4 cm³/mol. The van der Waals surface area contributed by atoms with E-state index in [-0.39, 0.29) is 5.54 Å². The normalized spacial score (nSPS) is 12.2. The summed E-state index contributed by atoms with van der Waals surface area (Å²) < 4.78 is 9.04.